The maximum Gasteiger partial charge on any atom is 0.350 e. The molecule has 4 rings (SSSR count). The molecule has 1 atom stereocenters. The maximum atomic E-state index is 13.4. The third kappa shape index (κ3) is 4.87. The van der Waals surface area contributed by atoms with Gasteiger partial charge in [0, 0.05) is 5.56 Å². The van der Waals surface area contributed by atoms with E-state index in [4.69, 9.17) is 14.2 Å². The van der Waals surface area contributed by atoms with Crippen LogP contribution in [0, 0.1) is 13.8 Å². The Bertz CT molecular complexity index is 1430. The predicted octanol–water partition coefficient (Wildman–Crippen LogP) is 4.97. The molecule has 0 spiro atoms. The Morgan fingerprint density at radius 1 is 1.08 bits per heavy atom. The van der Waals surface area contributed by atoms with Gasteiger partial charge in [-0.15, -0.1) is 0 Å². The predicted molar refractivity (Wildman–Crippen MR) is 143 cm³/mol. The SMILES string of the molecule is CCCOc1ccc(C(O)=C2C(=O)C(=O)N(c3nc(C)c(C(=O)OC)s3)[C@H]2c2ccc(OC)cc2)c(C)c1. The Kier molecular flexibility index (Phi) is 7.82. The molecule has 2 heterocycles. The number of aliphatic hydroxyl groups is 1. The highest BCUT2D eigenvalue weighted by molar-refractivity contribution is 7.17. The van der Waals surface area contributed by atoms with E-state index in [1.807, 2.05) is 6.92 Å². The van der Waals surface area contributed by atoms with Crippen molar-refractivity contribution in [3.63, 3.8) is 0 Å². The second-order valence-electron chi connectivity index (χ2n) is 8.67. The average molecular weight is 537 g/mol. The summed E-state index contributed by atoms with van der Waals surface area (Å²) in [6.07, 6.45) is 0.847. The van der Waals surface area contributed by atoms with Crippen LogP contribution in [-0.4, -0.2) is 48.6 Å². The fourth-order valence-electron chi connectivity index (χ4n) is 4.26. The molecule has 1 N–H and O–H groups in total. The molecule has 38 heavy (non-hydrogen) atoms. The number of nitrogens with zero attached hydrogens (tertiary/aromatic N) is 2. The lowest BCUT2D eigenvalue weighted by molar-refractivity contribution is -0.132. The van der Waals surface area contributed by atoms with Crippen LogP contribution in [0.2, 0.25) is 0 Å². The molecular formula is C28H28N2O7S. The molecule has 0 aliphatic carbocycles. The summed E-state index contributed by atoms with van der Waals surface area (Å²) in [5, 5.41) is 11.6. The molecule has 3 aromatic rings. The fraction of sp³-hybridized carbons (Fsp3) is 0.286. The number of hydrogen-bond acceptors (Lipinski definition) is 9. The number of aromatic nitrogens is 1. The van der Waals surface area contributed by atoms with Gasteiger partial charge in [-0.05, 0) is 61.7 Å². The van der Waals surface area contributed by atoms with Gasteiger partial charge in [0.2, 0.25) is 0 Å². The van der Waals surface area contributed by atoms with Gasteiger partial charge in [-0.3, -0.25) is 14.5 Å². The van der Waals surface area contributed by atoms with Crippen molar-refractivity contribution in [1.29, 1.82) is 0 Å². The van der Waals surface area contributed by atoms with Crippen molar-refractivity contribution in [2.24, 2.45) is 0 Å². The molecule has 1 aliphatic heterocycles. The molecule has 1 aromatic heterocycles. The van der Waals surface area contributed by atoms with Crippen molar-refractivity contribution in [3.05, 3.63) is 75.3 Å². The molecule has 1 fully saturated rings. The lowest BCUT2D eigenvalue weighted by Crippen LogP contribution is -2.29. The van der Waals surface area contributed by atoms with Crippen molar-refractivity contribution in [2.45, 2.75) is 33.2 Å². The Balaban J connectivity index is 1.89. The minimum atomic E-state index is -0.993. The van der Waals surface area contributed by atoms with E-state index in [0.717, 1.165) is 17.8 Å². The zero-order valence-corrected chi connectivity index (χ0v) is 22.5. The summed E-state index contributed by atoms with van der Waals surface area (Å²) in [4.78, 5) is 44.9. The number of carbonyl (C=O) groups excluding carboxylic acids is 3. The minimum Gasteiger partial charge on any atom is -0.507 e. The molecule has 2 aromatic carbocycles. The summed E-state index contributed by atoms with van der Waals surface area (Å²) < 4.78 is 15.8. The Hall–Kier alpha value is -4.18. The number of Topliss-reactive ketones (excluding diaryl/α,β-unsaturated/α-hetero) is 1. The van der Waals surface area contributed by atoms with Crippen LogP contribution in [0.25, 0.3) is 5.76 Å². The number of esters is 1. The highest BCUT2D eigenvalue weighted by Crippen LogP contribution is 2.44. The topological polar surface area (TPSA) is 115 Å². The van der Waals surface area contributed by atoms with Gasteiger partial charge in [0.15, 0.2) is 5.13 Å². The van der Waals surface area contributed by atoms with Gasteiger partial charge in [0.05, 0.1) is 38.1 Å². The number of ketones is 1. The monoisotopic (exact) mass is 536 g/mol. The van der Waals surface area contributed by atoms with Crippen LogP contribution in [0.15, 0.2) is 48.0 Å². The summed E-state index contributed by atoms with van der Waals surface area (Å²) in [6, 6.07) is 11.0. The zero-order chi connectivity index (χ0) is 27.6. The van der Waals surface area contributed by atoms with Gasteiger partial charge in [-0.25, -0.2) is 9.78 Å². The molecular weight excluding hydrogens is 508 g/mol. The van der Waals surface area contributed by atoms with Gasteiger partial charge in [0.25, 0.3) is 5.78 Å². The maximum absolute atomic E-state index is 13.4. The smallest absolute Gasteiger partial charge is 0.350 e. The molecule has 198 valence electrons. The van der Waals surface area contributed by atoms with E-state index in [-0.39, 0.29) is 21.3 Å². The van der Waals surface area contributed by atoms with Crippen LogP contribution in [-0.2, 0) is 14.3 Å². The van der Waals surface area contributed by atoms with Crippen molar-refractivity contribution in [3.8, 4) is 11.5 Å². The second-order valence-corrected chi connectivity index (χ2v) is 9.65. The molecule has 1 saturated heterocycles. The van der Waals surface area contributed by atoms with Crippen LogP contribution >= 0.6 is 11.3 Å². The standard InChI is InChI=1S/C28H28N2O7S/c1-6-13-37-19-11-12-20(15(2)14-19)23(31)21-22(17-7-9-18(35-4)10-8-17)30(26(33)24(21)32)28-29-16(3)25(38-28)27(34)36-5/h7-12,14,22,31H,6,13H2,1-5H3/t22-/m0/s1. The molecule has 0 unspecified atom stereocenters. The van der Waals surface area contributed by atoms with E-state index in [0.29, 0.717) is 40.5 Å². The number of carbonyl (C=O) groups is 3. The van der Waals surface area contributed by atoms with Crippen molar-refractivity contribution in [1.82, 2.24) is 4.98 Å². The van der Waals surface area contributed by atoms with Crippen molar-refractivity contribution < 1.29 is 33.7 Å². The number of anilines is 1. The third-order valence-electron chi connectivity index (χ3n) is 6.16. The fourth-order valence-corrected chi connectivity index (χ4v) is 5.27. The first-order chi connectivity index (χ1) is 18.2. The first-order valence-electron chi connectivity index (χ1n) is 12.0. The lowest BCUT2D eigenvalue weighted by atomic mass is 9.94. The van der Waals surface area contributed by atoms with Crippen molar-refractivity contribution in [2.75, 3.05) is 25.7 Å². The number of benzene rings is 2. The summed E-state index contributed by atoms with van der Waals surface area (Å²) >= 11 is 0.945. The third-order valence-corrected chi connectivity index (χ3v) is 7.30. The second kappa shape index (κ2) is 11.1. The Morgan fingerprint density at radius 2 is 1.76 bits per heavy atom. The quantitative estimate of drug-likeness (QED) is 0.186. The molecule has 0 bridgehead atoms. The summed E-state index contributed by atoms with van der Waals surface area (Å²) in [6.45, 7) is 5.97. The molecule has 1 amide bonds. The van der Waals surface area contributed by atoms with Crippen LogP contribution in [0.4, 0.5) is 5.13 Å². The van der Waals surface area contributed by atoms with Crippen LogP contribution in [0.3, 0.4) is 0 Å². The summed E-state index contributed by atoms with van der Waals surface area (Å²) in [5.74, 6) is -1.40. The minimum absolute atomic E-state index is 0.0852. The van der Waals surface area contributed by atoms with E-state index >= 15 is 0 Å². The average Bonchev–Trinajstić information content (AvgIpc) is 3.43. The van der Waals surface area contributed by atoms with Gasteiger partial charge in [-0.2, -0.15) is 0 Å². The summed E-state index contributed by atoms with van der Waals surface area (Å²) in [7, 11) is 2.79. The highest BCUT2D eigenvalue weighted by Gasteiger charge is 2.48. The number of thiazole rings is 1. The van der Waals surface area contributed by atoms with E-state index in [1.54, 1.807) is 56.3 Å². The number of ether oxygens (including phenoxy) is 3. The van der Waals surface area contributed by atoms with E-state index in [2.05, 4.69) is 4.98 Å². The number of methoxy groups -OCH3 is 2. The molecule has 9 nitrogen and oxygen atoms in total. The molecule has 0 saturated carbocycles. The van der Waals surface area contributed by atoms with E-state index in [9.17, 15) is 19.5 Å². The highest BCUT2D eigenvalue weighted by atomic mass is 32.1. The molecule has 0 radical (unpaired) electrons. The number of rotatable bonds is 8. The number of aliphatic hydroxyl groups excluding tert-OH is 1. The van der Waals surface area contributed by atoms with Crippen LogP contribution < -0.4 is 14.4 Å². The normalized spacial score (nSPS) is 16.6. The number of amides is 1. The Labute approximate surface area is 224 Å². The van der Waals surface area contributed by atoms with Gasteiger partial charge in [0.1, 0.15) is 22.1 Å². The van der Waals surface area contributed by atoms with E-state index in [1.165, 1.54) is 19.1 Å². The Morgan fingerprint density at radius 3 is 2.37 bits per heavy atom. The number of aryl methyl sites for hydroxylation is 2. The summed E-state index contributed by atoms with van der Waals surface area (Å²) in [5.41, 5.74) is 1.91. The number of hydrogen-bond donors (Lipinski definition) is 1. The van der Waals surface area contributed by atoms with Crippen molar-refractivity contribution >= 4 is 39.9 Å². The van der Waals surface area contributed by atoms with Gasteiger partial charge >= 0.3 is 11.9 Å². The zero-order valence-electron chi connectivity index (χ0n) is 21.7. The molecule has 10 heteroatoms. The van der Waals surface area contributed by atoms with Gasteiger partial charge < -0.3 is 19.3 Å². The van der Waals surface area contributed by atoms with Crippen LogP contribution in [0.5, 0.6) is 11.5 Å². The lowest BCUT2D eigenvalue weighted by Gasteiger charge is -2.23. The molecule has 1 aliphatic rings. The largest absolute Gasteiger partial charge is 0.507 e. The first kappa shape index (κ1) is 26.9. The first-order valence-corrected chi connectivity index (χ1v) is 12.8. The van der Waals surface area contributed by atoms with Gasteiger partial charge in [-0.1, -0.05) is 30.4 Å². The van der Waals surface area contributed by atoms with E-state index < -0.39 is 23.7 Å². The van der Waals surface area contributed by atoms with Crippen LogP contribution in [0.1, 0.15) is 51.4 Å².